The average Bonchev–Trinajstić information content (AvgIpc) is 2.89. The van der Waals surface area contributed by atoms with Gasteiger partial charge in [0.2, 0.25) is 0 Å². The third kappa shape index (κ3) is 3.59. The molecule has 0 aliphatic carbocycles. The van der Waals surface area contributed by atoms with Crippen LogP contribution in [0.15, 0.2) is 28.8 Å². The van der Waals surface area contributed by atoms with Crippen LogP contribution in [0.1, 0.15) is 52.9 Å². The number of carbonyl (C=O) groups is 2. The lowest BCUT2D eigenvalue weighted by molar-refractivity contribution is 0.0600. The maximum absolute atomic E-state index is 12.5. The van der Waals surface area contributed by atoms with Crippen LogP contribution in [0.5, 0.6) is 0 Å². The van der Waals surface area contributed by atoms with Crippen LogP contribution in [-0.2, 0) is 10.2 Å². The summed E-state index contributed by atoms with van der Waals surface area (Å²) in [6.45, 7) is 7.60. The van der Waals surface area contributed by atoms with E-state index in [0.29, 0.717) is 28.3 Å². The summed E-state index contributed by atoms with van der Waals surface area (Å²) in [6.07, 6.45) is 0. The number of hydrogen-bond acceptors (Lipinski definition) is 5. The number of aryl methyl sites for hydroxylation is 1. The molecule has 0 unspecified atom stereocenters. The molecule has 6 nitrogen and oxygen atoms in total. The van der Waals surface area contributed by atoms with E-state index in [9.17, 15) is 9.59 Å². The number of hydrogen-bond donors (Lipinski definition) is 1. The minimum atomic E-state index is -0.423. The van der Waals surface area contributed by atoms with Gasteiger partial charge in [-0.3, -0.25) is 4.79 Å². The van der Waals surface area contributed by atoms with E-state index in [2.05, 4.69) is 15.2 Å². The van der Waals surface area contributed by atoms with Crippen LogP contribution in [0.4, 0.5) is 5.69 Å². The molecule has 23 heavy (non-hydrogen) atoms. The molecule has 2 rings (SSSR count). The third-order valence-electron chi connectivity index (χ3n) is 3.36. The number of amides is 1. The second kappa shape index (κ2) is 6.24. The number of rotatable bonds is 3. The van der Waals surface area contributed by atoms with Gasteiger partial charge in [0, 0.05) is 11.1 Å². The van der Waals surface area contributed by atoms with Crippen molar-refractivity contribution in [1.29, 1.82) is 0 Å². The topological polar surface area (TPSA) is 81.4 Å². The van der Waals surface area contributed by atoms with Gasteiger partial charge in [0.25, 0.3) is 5.91 Å². The first kappa shape index (κ1) is 16.7. The van der Waals surface area contributed by atoms with E-state index >= 15 is 0 Å². The number of anilines is 1. The molecular weight excluding hydrogens is 296 g/mol. The summed E-state index contributed by atoms with van der Waals surface area (Å²) in [6, 6.07) is 6.46. The summed E-state index contributed by atoms with van der Waals surface area (Å²) in [7, 11) is 1.32. The zero-order valence-electron chi connectivity index (χ0n) is 13.9. The van der Waals surface area contributed by atoms with Crippen LogP contribution in [0.3, 0.4) is 0 Å². The molecule has 0 radical (unpaired) electrons. The Morgan fingerprint density at radius 2 is 1.78 bits per heavy atom. The summed E-state index contributed by atoms with van der Waals surface area (Å²) in [5.74, 6) is -0.245. The van der Waals surface area contributed by atoms with Crippen LogP contribution < -0.4 is 5.32 Å². The summed E-state index contributed by atoms with van der Waals surface area (Å²) < 4.78 is 9.81. The second-order valence-corrected chi connectivity index (χ2v) is 6.24. The first-order chi connectivity index (χ1) is 10.7. The SMILES string of the molecule is COC(=O)c1ccc(NC(=O)c2c(C(C)(C)C)noc2C)cc1. The highest BCUT2D eigenvalue weighted by Gasteiger charge is 2.28. The van der Waals surface area contributed by atoms with Gasteiger partial charge < -0.3 is 14.6 Å². The van der Waals surface area contributed by atoms with Crippen molar-refractivity contribution in [2.45, 2.75) is 33.1 Å². The van der Waals surface area contributed by atoms with Gasteiger partial charge in [0.05, 0.1) is 12.7 Å². The van der Waals surface area contributed by atoms with Crippen LogP contribution in [0.2, 0.25) is 0 Å². The standard InChI is InChI=1S/C17H20N2O4/c1-10-13(14(19-23-10)17(2,3)4)15(20)18-12-8-6-11(7-9-12)16(21)22-5/h6-9H,1-5H3,(H,18,20). The maximum Gasteiger partial charge on any atom is 0.337 e. The molecule has 2 aromatic rings. The molecule has 0 fully saturated rings. The fourth-order valence-electron chi connectivity index (χ4n) is 2.15. The third-order valence-corrected chi connectivity index (χ3v) is 3.36. The van der Waals surface area contributed by atoms with Crippen molar-refractivity contribution in [2.75, 3.05) is 12.4 Å². The van der Waals surface area contributed by atoms with E-state index in [1.165, 1.54) is 7.11 Å². The van der Waals surface area contributed by atoms with Crippen LogP contribution >= 0.6 is 0 Å². The van der Waals surface area contributed by atoms with E-state index < -0.39 is 5.97 Å². The highest BCUT2D eigenvalue weighted by Crippen LogP contribution is 2.27. The number of nitrogens with one attached hydrogen (secondary N) is 1. The molecule has 122 valence electrons. The molecule has 0 bridgehead atoms. The van der Waals surface area contributed by atoms with Crippen molar-refractivity contribution >= 4 is 17.6 Å². The van der Waals surface area contributed by atoms with Crippen molar-refractivity contribution in [3.05, 3.63) is 46.8 Å². The lowest BCUT2D eigenvalue weighted by atomic mass is 9.88. The van der Waals surface area contributed by atoms with Gasteiger partial charge in [-0.05, 0) is 31.2 Å². The smallest absolute Gasteiger partial charge is 0.337 e. The summed E-state index contributed by atoms with van der Waals surface area (Å²) in [5.41, 5.74) is 1.73. The summed E-state index contributed by atoms with van der Waals surface area (Å²) >= 11 is 0. The lowest BCUT2D eigenvalue weighted by Crippen LogP contribution is -2.21. The van der Waals surface area contributed by atoms with Gasteiger partial charge in [-0.2, -0.15) is 0 Å². The first-order valence-electron chi connectivity index (χ1n) is 7.20. The van der Waals surface area contributed by atoms with Crippen molar-refractivity contribution < 1.29 is 18.8 Å². The molecule has 0 saturated carbocycles. The van der Waals surface area contributed by atoms with E-state index in [4.69, 9.17) is 4.52 Å². The molecule has 0 atom stereocenters. The number of aromatic nitrogens is 1. The fraction of sp³-hybridized carbons (Fsp3) is 0.353. The van der Waals surface area contributed by atoms with Gasteiger partial charge in [-0.15, -0.1) is 0 Å². The second-order valence-electron chi connectivity index (χ2n) is 6.24. The molecular formula is C17H20N2O4. The number of methoxy groups -OCH3 is 1. The average molecular weight is 316 g/mol. The summed E-state index contributed by atoms with van der Waals surface area (Å²) in [5, 5.41) is 6.79. The van der Waals surface area contributed by atoms with Gasteiger partial charge >= 0.3 is 5.97 Å². The Kier molecular flexibility index (Phi) is 4.54. The number of ether oxygens (including phenoxy) is 1. The Morgan fingerprint density at radius 3 is 2.30 bits per heavy atom. The predicted molar refractivity (Wildman–Crippen MR) is 85.7 cm³/mol. The van der Waals surface area contributed by atoms with Gasteiger partial charge in [-0.1, -0.05) is 25.9 Å². The number of esters is 1. The van der Waals surface area contributed by atoms with Crippen molar-refractivity contribution in [2.24, 2.45) is 0 Å². The monoisotopic (exact) mass is 316 g/mol. The first-order valence-corrected chi connectivity index (χ1v) is 7.20. The minimum absolute atomic E-state index is 0.292. The molecule has 1 N–H and O–H groups in total. The Balaban J connectivity index is 2.23. The molecule has 1 amide bonds. The molecule has 6 heteroatoms. The van der Waals surface area contributed by atoms with Gasteiger partial charge in [-0.25, -0.2) is 4.79 Å². The molecule has 1 heterocycles. The van der Waals surface area contributed by atoms with Gasteiger partial charge in [0.15, 0.2) is 0 Å². The number of benzene rings is 1. The molecule has 1 aromatic carbocycles. The Bertz CT molecular complexity index is 724. The highest BCUT2D eigenvalue weighted by atomic mass is 16.5. The van der Waals surface area contributed by atoms with E-state index in [1.54, 1.807) is 31.2 Å². The van der Waals surface area contributed by atoms with Gasteiger partial charge in [0.1, 0.15) is 17.0 Å². The number of nitrogens with zero attached hydrogens (tertiary/aromatic N) is 1. The molecule has 1 aromatic heterocycles. The van der Waals surface area contributed by atoms with Crippen molar-refractivity contribution in [3.63, 3.8) is 0 Å². The zero-order valence-corrected chi connectivity index (χ0v) is 13.9. The van der Waals surface area contributed by atoms with Crippen LogP contribution in [0, 0.1) is 6.92 Å². The molecule has 0 saturated heterocycles. The lowest BCUT2D eigenvalue weighted by Gasteiger charge is -2.16. The van der Waals surface area contributed by atoms with Crippen LogP contribution in [0.25, 0.3) is 0 Å². The van der Waals surface area contributed by atoms with E-state index in [1.807, 2.05) is 20.8 Å². The van der Waals surface area contributed by atoms with Crippen LogP contribution in [-0.4, -0.2) is 24.1 Å². The Labute approximate surface area is 134 Å². The Morgan fingerprint density at radius 1 is 1.17 bits per heavy atom. The Hall–Kier alpha value is -2.63. The van der Waals surface area contributed by atoms with E-state index in [-0.39, 0.29) is 11.3 Å². The quantitative estimate of drug-likeness (QED) is 0.878. The highest BCUT2D eigenvalue weighted by molar-refractivity contribution is 6.06. The largest absolute Gasteiger partial charge is 0.465 e. The minimum Gasteiger partial charge on any atom is -0.465 e. The molecule has 0 aliphatic heterocycles. The molecule has 0 aliphatic rings. The maximum atomic E-state index is 12.5. The van der Waals surface area contributed by atoms with Crippen molar-refractivity contribution in [3.8, 4) is 0 Å². The zero-order chi connectivity index (χ0) is 17.2. The van der Waals surface area contributed by atoms with E-state index in [0.717, 1.165) is 0 Å². The molecule has 0 spiro atoms. The normalized spacial score (nSPS) is 11.2. The summed E-state index contributed by atoms with van der Waals surface area (Å²) in [4.78, 5) is 23.9. The number of carbonyl (C=O) groups excluding carboxylic acids is 2. The predicted octanol–water partition coefficient (Wildman–Crippen LogP) is 3.32. The van der Waals surface area contributed by atoms with Crippen molar-refractivity contribution in [1.82, 2.24) is 5.16 Å². The fourth-order valence-corrected chi connectivity index (χ4v) is 2.15.